The number of rotatable bonds is 4. The molecule has 0 aliphatic carbocycles. The summed E-state index contributed by atoms with van der Waals surface area (Å²) in [5, 5.41) is 8.91. The number of benzene rings is 1. The van der Waals surface area contributed by atoms with Crippen LogP contribution in [0.5, 0.6) is 0 Å². The average molecular weight is 402 g/mol. The summed E-state index contributed by atoms with van der Waals surface area (Å²) in [5.41, 5.74) is 4.31. The van der Waals surface area contributed by atoms with Crippen LogP contribution in [0.1, 0.15) is 25.6 Å². The number of fused-ring (bicyclic) bond motifs is 3. The summed E-state index contributed by atoms with van der Waals surface area (Å²) in [6.45, 7) is 10.5. The number of aryl methyl sites for hydroxylation is 1. The predicted molar refractivity (Wildman–Crippen MR) is 123 cm³/mol. The fourth-order valence-electron chi connectivity index (χ4n) is 4.21. The Labute approximate surface area is 176 Å². The van der Waals surface area contributed by atoms with Gasteiger partial charge in [-0.3, -0.25) is 0 Å². The van der Waals surface area contributed by atoms with Gasteiger partial charge in [-0.05, 0) is 39.0 Å². The zero-order valence-electron chi connectivity index (χ0n) is 17.7. The molecule has 0 spiro atoms. The Morgan fingerprint density at radius 2 is 1.80 bits per heavy atom. The van der Waals surface area contributed by atoms with E-state index in [4.69, 9.17) is 9.97 Å². The van der Waals surface area contributed by atoms with Crippen LogP contribution in [0.25, 0.3) is 21.8 Å². The molecule has 0 atom stereocenters. The normalized spacial score (nSPS) is 14.7. The quantitative estimate of drug-likeness (QED) is 0.538. The van der Waals surface area contributed by atoms with Crippen molar-refractivity contribution < 1.29 is 0 Å². The van der Waals surface area contributed by atoms with Gasteiger partial charge in [0.15, 0.2) is 0 Å². The number of hydrogen-bond acceptors (Lipinski definition) is 6. The third-order valence-electron chi connectivity index (χ3n) is 5.74. The molecule has 30 heavy (non-hydrogen) atoms. The Morgan fingerprint density at radius 1 is 1.00 bits per heavy atom. The first kappa shape index (κ1) is 18.8. The molecule has 2 N–H and O–H groups in total. The van der Waals surface area contributed by atoms with Gasteiger partial charge in [-0.25, -0.2) is 15.0 Å². The van der Waals surface area contributed by atoms with Crippen LogP contribution >= 0.6 is 0 Å². The van der Waals surface area contributed by atoms with E-state index in [0.717, 1.165) is 54.1 Å². The van der Waals surface area contributed by atoms with Crippen molar-refractivity contribution in [3.8, 4) is 0 Å². The lowest BCUT2D eigenvalue weighted by molar-refractivity contribution is 0.588. The van der Waals surface area contributed by atoms with E-state index >= 15 is 0 Å². The summed E-state index contributed by atoms with van der Waals surface area (Å²) in [7, 11) is 0. The topological polar surface area (TPSA) is 70.9 Å². The lowest BCUT2D eigenvalue weighted by Crippen LogP contribution is -2.43. The van der Waals surface area contributed by atoms with Gasteiger partial charge in [0.25, 0.3) is 0 Å². The van der Waals surface area contributed by atoms with Crippen molar-refractivity contribution in [1.29, 1.82) is 0 Å². The van der Waals surface area contributed by atoms with Gasteiger partial charge in [-0.15, -0.1) is 0 Å². The predicted octanol–water partition coefficient (Wildman–Crippen LogP) is 4.02. The second-order valence-corrected chi connectivity index (χ2v) is 8.11. The molecule has 1 saturated heterocycles. The van der Waals surface area contributed by atoms with Crippen LogP contribution in [0, 0.1) is 6.92 Å². The monoisotopic (exact) mass is 401 g/mol. The van der Waals surface area contributed by atoms with Crippen molar-refractivity contribution in [2.45, 2.75) is 26.8 Å². The maximum Gasteiger partial charge on any atom is 0.228 e. The Morgan fingerprint density at radius 3 is 2.57 bits per heavy atom. The molecule has 1 aliphatic heterocycles. The van der Waals surface area contributed by atoms with E-state index in [1.807, 2.05) is 12.3 Å². The molecule has 7 nitrogen and oxygen atoms in total. The Hall–Kier alpha value is -3.19. The largest absolute Gasteiger partial charge is 0.368 e. The number of aromatic nitrogens is 4. The molecule has 3 aromatic heterocycles. The van der Waals surface area contributed by atoms with Gasteiger partial charge in [0.2, 0.25) is 5.95 Å². The lowest BCUT2D eigenvalue weighted by atomic mass is 10.2. The van der Waals surface area contributed by atoms with Crippen molar-refractivity contribution in [3.05, 3.63) is 48.4 Å². The van der Waals surface area contributed by atoms with E-state index in [2.05, 4.69) is 76.3 Å². The molecule has 7 heteroatoms. The first-order valence-electron chi connectivity index (χ1n) is 10.6. The molecule has 154 valence electrons. The summed E-state index contributed by atoms with van der Waals surface area (Å²) in [6, 6.07) is 10.9. The highest BCUT2D eigenvalue weighted by Gasteiger charge is 2.15. The Balaban J connectivity index is 1.48. The van der Waals surface area contributed by atoms with Crippen molar-refractivity contribution in [1.82, 2.24) is 24.8 Å². The van der Waals surface area contributed by atoms with E-state index in [-0.39, 0.29) is 0 Å². The lowest BCUT2D eigenvalue weighted by Gasteiger charge is -2.30. The maximum atomic E-state index is 4.85. The van der Waals surface area contributed by atoms with Crippen molar-refractivity contribution in [2.24, 2.45) is 0 Å². The number of hydrogen-bond donors (Lipinski definition) is 2. The van der Waals surface area contributed by atoms with Crippen LogP contribution in [0.4, 0.5) is 17.5 Å². The van der Waals surface area contributed by atoms with Crippen LogP contribution in [0.3, 0.4) is 0 Å². The molecule has 1 aliphatic rings. The number of anilines is 3. The highest BCUT2D eigenvalue weighted by molar-refractivity contribution is 6.03. The van der Waals surface area contributed by atoms with E-state index in [9.17, 15) is 0 Å². The van der Waals surface area contributed by atoms with Gasteiger partial charge < -0.3 is 20.1 Å². The second kappa shape index (κ2) is 7.57. The zero-order chi connectivity index (χ0) is 20.7. The minimum Gasteiger partial charge on any atom is -0.368 e. The second-order valence-electron chi connectivity index (χ2n) is 8.11. The molecule has 4 heterocycles. The number of pyridine rings is 1. The van der Waals surface area contributed by atoms with Crippen LogP contribution in [0.2, 0.25) is 0 Å². The summed E-state index contributed by atoms with van der Waals surface area (Å²) < 4.78 is 2.26. The molecule has 0 saturated carbocycles. The van der Waals surface area contributed by atoms with E-state index < -0.39 is 0 Å². The SMILES string of the molecule is Cc1nc(Nc2ncc3ccc4ccn(C(C)C)c4c3n2)ccc1N1CCNCC1. The van der Waals surface area contributed by atoms with Gasteiger partial charge in [-0.2, -0.15) is 0 Å². The minimum absolute atomic E-state index is 0.362. The van der Waals surface area contributed by atoms with Crippen LogP contribution in [-0.4, -0.2) is 45.7 Å². The molecular formula is C23H27N7. The van der Waals surface area contributed by atoms with E-state index in [1.165, 1.54) is 11.1 Å². The minimum atomic E-state index is 0.362. The molecule has 0 radical (unpaired) electrons. The van der Waals surface area contributed by atoms with Crippen molar-refractivity contribution in [2.75, 3.05) is 36.4 Å². The highest BCUT2D eigenvalue weighted by atomic mass is 15.2. The standard InChI is InChI=1S/C23H27N7/c1-15(2)30-11-8-17-4-5-18-14-25-23(28-21(18)22(17)30)27-20-7-6-19(16(3)26-20)29-12-9-24-10-13-29/h4-8,11,14-15,24H,9-10,12-13H2,1-3H3,(H,25,26,27,28). The molecule has 0 unspecified atom stereocenters. The van der Waals surface area contributed by atoms with Crippen LogP contribution in [0.15, 0.2) is 42.7 Å². The number of nitrogens with zero attached hydrogens (tertiary/aromatic N) is 5. The Kier molecular flexibility index (Phi) is 4.75. The molecule has 0 bridgehead atoms. The number of piperazine rings is 1. The third-order valence-corrected chi connectivity index (χ3v) is 5.74. The molecule has 0 amide bonds. The van der Waals surface area contributed by atoms with E-state index in [0.29, 0.717) is 12.0 Å². The van der Waals surface area contributed by atoms with Gasteiger partial charge in [-0.1, -0.05) is 12.1 Å². The Bertz CT molecular complexity index is 1210. The highest BCUT2D eigenvalue weighted by Crippen LogP contribution is 2.28. The molecular weight excluding hydrogens is 374 g/mol. The van der Waals surface area contributed by atoms with Gasteiger partial charge in [0.05, 0.1) is 16.9 Å². The summed E-state index contributed by atoms with van der Waals surface area (Å²) in [4.78, 5) is 16.5. The molecule has 1 fully saturated rings. The van der Waals surface area contributed by atoms with Crippen molar-refractivity contribution in [3.63, 3.8) is 0 Å². The summed E-state index contributed by atoms with van der Waals surface area (Å²) >= 11 is 0. The fraction of sp³-hybridized carbons (Fsp3) is 0.348. The fourth-order valence-corrected chi connectivity index (χ4v) is 4.21. The van der Waals surface area contributed by atoms with Crippen LogP contribution in [-0.2, 0) is 0 Å². The average Bonchev–Trinajstić information content (AvgIpc) is 3.20. The van der Waals surface area contributed by atoms with Crippen molar-refractivity contribution >= 4 is 39.3 Å². The van der Waals surface area contributed by atoms with Crippen LogP contribution < -0.4 is 15.5 Å². The van der Waals surface area contributed by atoms with Gasteiger partial charge in [0, 0.05) is 55.4 Å². The maximum absolute atomic E-state index is 4.85. The number of nitrogens with one attached hydrogen (secondary N) is 2. The van der Waals surface area contributed by atoms with Gasteiger partial charge >= 0.3 is 0 Å². The summed E-state index contributed by atoms with van der Waals surface area (Å²) in [6.07, 6.45) is 4.01. The van der Waals surface area contributed by atoms with Gasteiger partial charge in [0.1, 0.15) is 11.3 Å². The first-order valence-corrected chi connectivity index (χ1v) is 10.6. The zero-order valence-corrected chi connectivity index (χ0v) is 17.7. The van der Waals surface area contributed by atoms with E-state index in [1.54, 1.807) is 0 Å². The molecule has 4 aromatic rings. The first-order chi connectivity index (χ1) is 14.6. The summed E-state index contributed by atoms with van der Waals surface area (Å²) in [5.74, 6) is 1.32. The molecule has 5 rings (SSSR count). The molecule has 1 aromatic carbocycles. The smallest absolute Gasteiger partial charge is 0.228 e. The third kappa shape index (κ3) is 3.35.